The predicted molar refractivity (Wildman–Crippen MR) is 76.1 cm³/mol. The van der Waals surface area contributed by atoms with Gasteiger partial charge in [-0.25, -0.2) is 9.95 Å². The van der Waals surface area contributed by atoms with Gasteiger partial charge in [-0.1, -0.05) is 41.5 Å². The molecule has 2 N–H and O–H groups in total. The van der Waals surface area contributed by atoms with Crippen LogP contribution in [0.1, 0.15) is 53.0 Å². The van der Waals surface area contributed by atoms with Crippen molar-refractivity contribution in [3.63, 3.8) is 0 Å². The van der Waals surface area contributed by atoms with Gasteiger partial charge in [-0.15, -0.1) is 0 Å². The Hall–Kier alpha value is -1.98. The second-order valence-corrected chi connectivity index (χ2v) is 6.66. The van der Waals surface area contributed by atoms with Crippen molar-refractivity contribution in [3.8, 4) is 0 Å². The van der Waals surface area contributed by atoms with Gasteiger partial charge in [-0.2, -0.15) is 5.16 Å². The van der Waals surface area contributed by atoms with Gasteiger partial charge in [0.05, 0.1) is 5.69 Å². The standard InChI is InChI=1S/2C7H11NO2/c1-7(2,3)5-4-6(9)8-10-5;1-7(2,3)5-4-6(9)10-8-5/h4H,1-3H3,(H,8,9);4,8H,1-3H3. The summed E-state index contributed by atoms with van der Waals surface area (Å²) in [5.74, 6) is 0.692. The Kier molecular flexibility index (Phi) is 4.47. The van der Waals surface area contributed by atoms with Crippen molar-refractivity contribution in [2.24, 2.45) is 0 Å². The summed E-state index contributed by atoms with van der Waals surface area (Å²) in [5.41, 5.74) is 0.220. The van der Waals surface area contributed by atoms with Crippen LogP contribution >= 0.6 is 0 Å². The third kappa shape index (κ3) is 4.60. The number of aromatic nitrogens is 2. The molecule has 0 aromatic carbocycles. The molecule has 2 aromatic rings. The van der Waals surface area contributed by atoms with E-state index in [9.17, 15) is 9.59 Å². The third-order valence-corrected chi connectivity index (χ3v) is 2.59. The van der Waals surface area contributed by atoms with E-state index < -0.39 is 0 Å². The first-order chi connectivity index (χ1) is 9.00. The topological polar surface area (TPSA) is 92.0 Å². The molecular formula is C14H22N2O4. The van der Waals surface area contributed by atoms with E-state index in [0.29, 0.717) is 5.76 Å². The molecule has 0 spiro atoms. The van der Waals surface area contributed by atoms with Crippen LogP contribution in [0.4, 0.5) is 0 Å². The lowest BCUT2D eigenvalue weighted by molar-refractivity contribution is 0.326. The van der Waals surface area contributed by atoms with Gasteiger partial charge in [0.25, 0.3) is 5.56 Å². The molecule has 20 heavy (non-hydrogen) atoms. The first-order valence-electron chi connectivity index (χ1n) is 6.38. The van der Waals surface area contributed by atoms with Crippen molar-refractivity contribution in [3.05, 3.63) is 44.4 Å². The third-order valence-electron chi connectivity index (χ3n) is 2.59. The Balaban J connectivity index is 0.000000200. The van der Waals surface area contributed by atoms with E-state index in [0.717, 1.165) is 5.69 Å². The number of nitrogens with one attached hydrogen (secondary N) is 2. The minimum Gasteiger partial charge on any atom is -0.383 e. The minimum absolute atomic E-state index is 0.0356. The average Bonchev–Trinajstić information content (AvgIpc) is 2.85. The summed E-state index contributed by atoms with van der Waals surface area (Å²) in [7, 11) is 0. The summed E-state index contributed by atoms with van der Waals surface area (Å²) in [6, 6.07) is 2.94. The maximum absolute atomic E-state index is 10.6. The van der Waals surface area contributed by atoms with Crippen molar-refractivity contribution in [2.75, 3.05) is 0 Å². The molecule has 6 nitrogen and oxygen atoms in total. The molecule has 0 bridgehead atoms. The summed E-state index contributed by atoms with van der Waals surface area (Å²) in [6.07, 6.45) is 0. The molecule has 0 radical (unpaired) electrons. The van der Waals surface area contributed by atoms with E-state index in [1.54, 1.807) is 0 Å². The number of hydrogen-bond donors (Lipinski definition) is 2. The largest absolute Gasteiger partial charge is 0.383 e. The highest BCUT2D eigenvalue weighted by Gasteiger charge is 2.18. The van der Waals surface area contributed by atoms with Crippen molar-refractivity contribution in [1.29, 1.82) is 0 Å². The predicted octanol–water partition coefficient (Wildman–Crippen LogP) is 2.53. The number of H-pyrrole nitrogens is 2. The van der Waals surface area contributed by atoms with Gasteiger partial charge in [0, 0.05) is 23.0 Å². The molecule has 0 aliphatic rings. The van der Waals surface area contributed by atoms with Crippen molar-refractivity contribution < 1.29 is 9.05 Å². The van der Waals surface area contributed by atoms with Crippen LogP contribution in [0.15, 0.2) is 30.8 Å². The van der Waals surface area contributed by atoms with E-state index >= 15 is 0 Å². The average molecular weight is 282 g/mol. The first kappa shape index (κ1) is 16.1. The molecule has 2 aromatic heterocycles. The van der Waals surface area contributed by atoms with Crippen LogP contribution in [0.25, 0.3) is 0 Å². The fourth-order valence-electron chi connectivity index (χ4n) is 1.30. The Morgan fingerprint density at radius 1 is 0.850 bits per heavy atom. The van der Waals surface area contributed by atoms with Crippen molar-refractivity contribution in [1.82, 2.24) is 10.3 Å². The minimum atomic E-state index is -0.315. The molecule has 0 aliphatic carbocycles. The molecule has 0 fully saturated rings. The van der Waals surface area contributed by atoms with Crippen molar-refractivity contribution in [2.45, 2.75) is 52.4 Å². The zero-order valence-corrected chi connectivity index (χ0v) is 12.8. The molecule has 0 saturated carbocycles. The molecule has 2 rings (SSSR count). The molecule has 0 unspecified atom stereocenters. The van der Waals surface area contributed by atoms with Crippen LogP contribution in [0.3, 0.4) is 0 Å². The van der Waals surface area contributed by atoms with E-state index in [1.807, 2.05) is 41.5 Å². The highest BCUT2D eigenvalue weighted by molar-refractivity contribution is 5.08. The van der Waals surface area contributed by atoms with Gasteiger partial charge in [0.2, 0.25) is 0 Å². The van der Waals surface area contributed by atoms with Crippen LogP contribution in [0.5, 0.6) is 0 Å². The van der Waals surface area contributed by atoms with Gasteiger partial charge >= 0.3 is 5.63 Å². The van der Waals surface area contributed by atoms with E-state index in [4.69, 9.17) is 4.52 Å². The molecule has 6 heteroatoms. The lowest BCUT2D eigenvalue weighted by Crippen LogP contribution is -2.11. The molecule has 0 aliphatic heterocycles. The van der Waals surface area contributed by atoms with Gasteiger partial charge in [-0.05, 0) is 0 Å². The number of rotatable bonds is 0. The molecule has 0 amide bonds. The molecule has 2 heterocycles. The molecule has 0 saturated heterocycles. The Morgan fingerprint density at radius 2 is 1.45 bits per heavy atom. The maximum atomic E-state index is 10.6. The molecular weight excluding hydrogens is 260 g/mol. The second kappa shape index (κ2) is 5.56. The summed E-state index contributed by atoms with van der Waals surface area (Å²) < 4.78 is 9.40. The van der Waals surface area contributed by atoms with Crippen LogP contribution in [0, 0.1) is 0 Å². The van der Waals surface area contributed by atoms with E-state index in [-0.39, 0.29) is 22.0 Å². The van der Waals surface area contributed by atoms with E-state index in [2.05, 4.69) is 14.8 Å². The lowest BCUT2D eigenvalue weighted by atomic mass is 9.93. The molecule has 0 atom stereocenters. The zero-order valence-electron chi connectivity index (χ0n) is 12.8. The smallest absolute Gasteiger partial charge is 0.357 e. The highest BCUT2D eigenvalue weighted by atomic mass is 16.5. The normalized spacial score (nSPS) is 11.9. The highest BCUT2D eigenvalue weighted by Crippen LogP contribution is 2.19. The van der Waals surface area contributed by atoms with Gasteiger partial charge < -0.3 is 9.05 Å². The van der Waals surface area contributed by atoms with Crippen LogP contribution in [0.2, 0.25) is 0 Å². The fourth-order valence-corrected chi connectivity index (χ4v) is 1.30. The Labute approximate surface area is 117 Å². The zero-order chi connectivity index (χ0) is 15.6. The van der Waals surface area contributed by atoms with Crippen molar-refractivity contribution >= 4 is 0 Å². The van der Waals surface area contributed by atoms with Gasteiger partial charge in [0.15, 0.2) is 0 Å². The van der Waals surface area contributed by atoms with E-state index in [1.165, 1.54) is 12.1 Å². The quantitative estimate of drug-likeness (QED) is 0.776. The lowest BCUT2D eigenvalue weighted by Gasteiger charge is -2.13. The SMILES string of the molecule is CC(C)(C)c1cc(=O)[nH]o1.CC(C)(C)c1cc(=O)o[nH]1. The second-order valence-electron chi connectivity index (χ2n) is 6.66. The fraction of sp³-hybridized carbons (Fsp3) is 0.571. The van der Waals surface area contributed by atoms with Crippen LogP contribution < -0.4 is 11.2 Å². The monoisotopic (exact) mass is 282 g/mol. The summed E-state index contributed by atoms with van der Waals surface area (Å²) in [6.45, 7) is 12.0. The Bertz CT molecular complexity index is 585. The number of aromatic amines is 2. The summed E-state index contributed by atoms with van der Waals surface area (Å²) >= 11 is 0. The van der Waals surface area contributed by atoms with Gasteiger partial charge in [-0.3, -0.25) is 4.79 Å². The first-order valence-corrected chi connectivity index (χ1v) is 6.38. The summed E-state index contributed by atoms with van der Waals surface area (Å²) in [5, 5.41) is 4.80. The molecule has 112 valence electrons. The van der Waals surface area contributed by atoms with Crippen LogP contribution in [-0.2, 0) is 10.8 Å². The Morgan fingerprint density at radius 3 is 1.65 bits per heavy atom. The maximum Gasteiger partial charge on any atom is 0.357 e. The number of hydrogen-bond acceptors (Lipinski definition) is 4. The van der Waals surface area contributed by atoms with Gasteiger partial charge in [0.1, 0.15) is 5.76 Å². The summed E-state index contributed by atoms with van der Waals surface area (Å²) in [4.78, 5) is 21.1. The van der Waals surface area contributed by atoms with Crippen LogP contribution in [-0.4, -0.2) is 10.3 Å².